The van der Waals surface area contributed by atoms with Crippen molar-refractivity contribution in [2.75, 3.05) is 0 Å². The van der Waals surface area contributed by atoms with E-state index in [9.17, 15) is 14.3 Å². The van der Waals surface area contributed by atoms with Crippen LogP contribution in [0, 0.1) is 5.82 Å². The molecule has 0 radical (unpaired) electrons. The number of hydrogen-bond donors (Lipinski definition) is 2. The normalized spacial score (nSPS) is 18.9. The number of carbonyl (C=O) groups excluding carboxylic acids is 1. The molecule has 0 saturated heterocycles. The SMILES string of the molecule is Cn1c(Cn2cccn2)nnc1C1CC(NC(=O)c2cc(F)ccc2O)C1. The number of carbonyl (C=O) groups is 1. The minimum Gasteiger partial charge on any atom is -0.507 e. The van der Waals surface area contributed by atoms with Crippen molar-refractivity contribution in [2.24, 2.45) is 7.05 Å². The highest BCUT2D eigenvalue weighted by Gasteiger charge is 2.35. The molecule has 1 aromatic carbocycles. The summed E-state index contributed by atoms with van der Waals surface area (Å²) < 4.78 is 17.0. The van der Waals surface area contributed by atoms with Gasteiger partial charge in [0.2, 0.25) is 0 Å². The van der Waals surface area contributed by atoms with Crippen molar-refractivity contribution >= 4 is 5.91 Å². The largest absolute Gasteiger partial charge is 0.507 e. The standard InChI is InChI=1S/C18H19FN6O2/c1-24-16(10-25-6-2-5-20-25)22-23-17(24)11-7-13(8-11)21-18(27)14-9-12(19)3-4-15(14)26/h2-6,9,11,13,26H,7-8,10H2,1H3,(H,21,27). The van der Waals surface area contributed by atoms with Crippen LogP contribution in [0.25, 0.3) is 0 Å². The molecule has 1 saturated carbocycles. The fraction of sp³-hybridized carbons (Fsp3) is 0.333. The molecule has 0 atom stereocenters. The summed E-state index contributed by atoms with van der Waals surface area (Å²) in [4.78, 5) is 12.2. The lowest BCUT2D eigenvalue weighted by molar-refractivity contribution is 0.0903. The third kappa shape index (κ3) is 3.40. The number of halogens is 1. The van der Waals surface area contributed by atoms with Crippen LogP contribution in [0.5, 0.6) is 5.75 Å². The summed E-state index contributed by atoms with van der Waals surface area (Å²) in [5.74, 6) is 0.602. The van der Waals surface area contributed by atoms with Crippen LogP contribution in [-0.4, -0.2) is 41.6 Å². The monoisotopic (exact) mass is 370 g/mol. The highest BCUT2D eigenvalue weighted by Crippen LogP contribution is 2.36. The molecule has 1 fully saturated rings. The lowest BCUT2D eigenvalue weighted by Crippen LogP contribution is -2.44. The summed E-state index contributed by atoms with van der Waals surface area (Å²) in [7, 11) is 1.92. The number of benzene rings is 1. The Bertz CT molecular complexity index is 962. The third-order valence-corrected chi connectivity index (χ3v) is 4.90. The first kappa shape index (κ1) is 17.2. The van der Waals surface area contributed by atoms with Gasteiger partial charge in [0, 0.05) is 31.4 Å². The van der Waals surface area contributed by atoms with E-state index in [1.54, 1.807) is 10.9 Å². The van der Waals surface area contributed by atoms with Crippen molar-refractivity contribution < 1.29 is 14.3 Å². The van der Waals surface area contributed by atoms with Crippen molar-refractivity contribution in [1.29, 1.82) is 0 Å². The fourth-order valence-corrected chi connectivity index (χ4v) is 3.31. The van der Waals surface area contributed by atoms with E-state index in [-0.39, 0.29) is 23.3 Å². The van der Waals surface area contributed by atoms with Crippen molar-refractivity contribution in [2.45, 2.75) is 31.3 Å². The van der Waals surface area contributed by atoms with Crippen molar-refractivity contribution in [1.82, 2.24) is 29.9 Å². The van der Waals surface area contributed by atoms with Crippen LogP contribution in [0.1, 0.15) is 40.8 Å². The first-order chi connectivity index (χ1) is 13.0. The predicted octanol–water partition coefficient (Wildman–Crippen LogP) is 1.58. The van der Waals surface area contributed by atoms with Crippen LogP contribution < -0.4 is 5.32 Å². The zero-order chi connectivity index (χ0) is 19.0. The van der Waals surface area contributed by atoms with Crippen molar-refractivity contribution in [3.05, 3.63) is 59.7 Å². The van der Waals surface area contributed by atoms with Gasteiger partial charge in [0.1, 0.15) is 23.9 Å². The molecule has 2 heterocycles. The maximum atomic E-state index is 13.3. The van der Waals surface area contributed by atoms with E-state index >= 15 is 0 Å². The molecule has 27 heavy (non-hydrogen) atoms. The second-order valence-electron chi connectivity index (χ2n) is 6.74. The number of hydrogen-bond acceptors (Lipinski definition) is 5. The van der Waals surface area contributed by atoms with Gasteiger partial charge >= 0.3 is 0 Å². The fourth-order valence-electron chi connectivity index (χ4n) is 3.31. The summed E-state index contributed by atoms with van der Waals surface area (Å²) in [5.41, 5.74) is -0.0568. The number of nitrogens with zero attached hydrogens (tertiary/aromatic N) is 5. The zero-order valence-corrected chi connectivity index (χ0v) is 14.7. The molecule has 0 aliphatic heterocycles. The minimum atomic E-state index is -0.562. The molecule has 140 valence electrons. The molecule has 4 rings (SSSR count). The van der Waals surface area contributed by atoms with E-state index in [0.717, 1.165) is 36.6 Å². The second-order valence-corrected chi connectivity index (χ2v) is 6.74. The Balaban J connectivity index is 1.36. The Morgan fingerprint density at radius 1 is 1.37 bits per heavy atom. The summed E-state index contributed by atoms with van der Waals surface area (Å²) in [6.45, 7) is 0.544. The van der Waals surface area contributed by atoms with Gasteiger partial charge in [-0.3, -0.25) is 9.48 Å². The topological polar surface area (TPSA) is 97.9 Å². The maximum Gasteiger partial charge on any atom is 0.255 e. The van der Waals surface area contributed by atoms with Crippen LogP contribution in [0.3, 0.4) is 0 Å². The van der Waals surface area contributed by atoms with Gasteiger partial charge in [-0.2, -0.15) is 5.10 Å². The molecule has 1 aliphatic carbocycles. The predicted molar refractivity (Wildman–Crippen MR) is 93.6 cm³/mol. The summed E-state index contributed by atoms with van der Waals surface area (Å²) in [6.07, 6.45) is 5.02. The van der Waals surface area contributed by atoms with E-state index in [0.29, 0.717) is 6.54 Å². The Morgan fingerprint density at radius 3 is 2.93 bits per heavy atom. The van der Waals surface area contributed by atoms with E-state index in [2.05, 4.69) is 20.6 Å². The van der Waals surface area contributed by atoms with Gasteiger partial charge in [0.15, 0.2) is 5.82 Å². The van der Waals surface area contributed by atoms with Gasteiger partial charge < -0.3 is 15.0 Å². The molecule has 1 amide bonds. The molecule has 2 N–H and O–H groups in total. The zero-order valence-electron chi connectivity index (χ0n) is 14.7. The lowest BCUT2D eigenvalue weighted by atomic mass is 9.79. The number of amides is 1. The number of aromatic nitrogens is 5. The van der Waals surface area contributed by atoms with Gasteiger partial charge in [0.25, 0.3) is 5.91 Å². The molecular weight excluding hydrogens is 351 g/mol. The molecule has 1 aliphatic rings. The molecule has 0 unspecified atom stereocenters. The second kappa shape index (κ2) is 6.82. The average Bonchev–Trinajstić information content (AvgIpc) is 3.24. The molecule has 9 heteroatoms. The van der Waals surface area contributed by atoms with Crippen LogP contribution in [0.2, 0.25) is 0 Å². The van der Waals surface area contributed by atoms with Crippen molar-refractivity contribution in [3.63, 3.8) is 0 Å². The van der Waals surface area contributed by atoms with Gasteiger partial charge in [-0.05, 0) is 37.1 Å². The maximum absolute atomic E-state index is 13.3. The molecule has 0 spiro atoms. The number of aromatic hydroxyl groups is 1. The number of phenolic OH excluding ortho intramolecular Hbond substituents is 1. The Morgan fingerprint density at radius 2 is 2.19 bits per heavy atom. The van der Waals surface area contributed by atoms with Gasteiger partial charge in [-0.25, -0.2) is 4.39 Å². The summed E-state index contributed by atoms with van der Waals surface area (Å²) in [6, 6.07) is 5.13. The minimum absolute atomic E-state index is 0.0450. The number of rotatable bonds is 5. The molecule has 3 aromatic rings. The van der Waals surface area contributed by atoms with Crippen LogP contribution in [0.4, 0.5) is 4.39 Å². The Hall–Kier alpha value is -3.23. The first-order valence-electron chi connectivity index (χ1n) is 8.66. The van der Waals surface area contributed by atoms with Crippen molar-refractivity contribution in [3.8, 4) is 5.75 Å². The van der Waals surface area contributed by atoms with Gasteiger partial charge in [-0.1, -0.05) is 0 Å². The summed E-state index contributed by atoms with van der Waals surface area (Å²) >= 11 is 0. The number of phenols is 1. The van der Waals surface area contributed by atoms with Crippen LogP contribution in [-0.2, 0) is 13.6 Å². The van der Waals surface area contributed by atoms with Crippen LogP contribution >= 0.6 is 0 Å². The first-order valence-corrected chi connectivity index (χ1v) is 8.66. The molecule has 0 bridgehead atoms. The van der Waals surface area contributed by atoms with E-state index in [1.807, 2.05) is 23.9 Å². The highest BCUT2D eigenvalue weighted by atomic mass is 19.1. The number of nitrogens with one attached hydrogen (secondary N) is 1. The van der Waals surface area contributed by atoms with Gasteiger partial charge in [0.05, 0.1) is 5.56 Å². The Labute approximate surface area is 154 Å². The summed E-state index contributed by atoms with van der Waals surface area (Å²) in [5, 5.41) is 25.2. The Kier molecular flexibility index (Phi) is 4.35. The third-order valence-electron chi connectivity index (χ3n) is 4.90. The molecular formula is C18H19FN6O2. The molecule has 2 aromatic heterocycles. The van der Waals surface area contributed by atoms with E-state index in [4.69, 9.17) is 0 Å². The quantitative estimate of drug-likeness (QED) is 0.711. The van der Waals surface area contributed by atoms with E-state index < -0.39 is 11.7 Å². The smallest absolute Gasteiger partial charge is 0.255 e. The highest BCUT2D eigenvalue weighted by molar-refractivity contribution is 5.97. The average molecular weight is 370 g/mol. The lowest BCUT2D eigenvalue weighted by Gasteiger charge is -2.35. The van der Waals surface area contributed by atoms with Crippen LogP contribution in [0.15, 0.2) is 36.7 Å². The molecule has 8 nitrogen and oxygen atoms in total. The van der Waals surface area contributed by atoms with E-state index in [1.165, 1.54) is 6.07 Å². The van der Waals surface area contributed by atoms with Gasteiger partial charge in [-0.15, -0.1) is 10.2 Å².